The van der Waals surface area contributed by atoms with Gasteiger partial charge in [-0.3, -0.25) is 24.1 Å². The van der Waals surface area contributed by atoms with E-state index in [1.54, 1.807) is 4.90 Å². The van der Waals surface area contributed by atoms with Gasteiger partial charge in [0.1, 0.15) is 0 Å². The monoisotopic (exact) mass is 400 g/mol. The Kier molecular flexibility index (Phi) is 9.79. The van der Waals surface area contributed by atoms with Crippen LogP contribution in [0.5, 0.6) is 0 Å². The van der Waals surface area contributed by atoms with Crippen molar-refractivity contribution in [3.63, 3.8) is 0 Å². The minimum absolute atomic E-state index is 0.177. The third-order valence-electron chi connectivity index (χ3n) is 4.72. The molecule has 0 aliphatic carbocycles. The number of nitrogens with zero attached hydrogens (tertiary/aromatic N) is 1. The zero-order valence-electron chi connectivity index (χ0n) is 16.0. The summed E-state index contributed by atoms with van der Waals surface area (Å²) in [4.78, 5) is 49.0. The molecule has 0 bridgehead atoms. The van der Waals surface area contributed by atoms with Gasteiger partial charge in [-0.25, -0.2) is 0 Å². The number of carbonyl (C=O) groups is 4. The lowest BCUT2D eigenvalue weighted by Crippen LogP contribution is -2.67. The molecular formula is C16H32N8O4. The lowest BCUT2D eigenvalue weighted by atomic mass is 9.78. The SMILES string of the molecule is NC(=O)CC1NCCNCCNCCN(CC(N)=O)C1(CC(N)=O)CC(N)=O. The van der Waals surface area contributed by atoms with Gasteiger partial charge >= 0.3 is 0 Å². The molecule has 12 nitrogen and oxygen atoms in total. The minimum atomic E-state index is -1.33. The molecule has 1 heterocycles. The van der Waals surface area contributed by atoms with Gasteiger partial charge < -0.3 is 38.9 Å². The van der Waals surface area contributed by atoms with E-state index in [-0.39, 0.29) is 32.4 Å². The summed E-state index contributed by atoms with van der Waals surface area (Å²) in [5.41, 5.74) is 20.5. The van der Waals surface area contributed by atoms with Crippen LogP contribution >= 0.6 is 0 Å². The second kappa shape index (κ2) is 11.5. The van der Waals surface area contributed by atoms with E-state index in [9.17, 15) is 19.2 Å². The molecular weight excluding hydrogens is 368 g/mol. The zero-order chi connectivity index (χ0) is 21.2. The van der Waals surface area contributed by atoms with Gasteiger partial charge in [0.25, 0.3) is 0 Å². The molecule has 4 amide bonds. The first kappa shape index (κ1) is 23.8. The van der Waals surface area contributed by atoms with Crippen LogP contribution in [0.1, 0.15) is 19.3 Å². The Balaban J connectivity index is 3.45. The number of primary amides is 4. The predicted octanol–water partition coefficient (Wildman–Crippen LogP) is -4.71. The number of nitrogens with one attached hydrogen (secondary N) is 3. The minimum Gasteiger partial charge on any atom is -0.370 e. The Hall–Kier alpha value is -2.28. The predicted molar refractivity (Wildman–Crippen MR) is 102 cm³/mol. The number of nitrogens with two attached hydrogens (primary N) is 4. The molecule has 0 saturated carbocycles. The van der Waals surface area contributed by atoms with Crippen molar-refractivity contribution in [2.75, 3.05) is 45.8 Å². The smallest absolute Gasteiger partial charge is 0.231 e. The molecule has 12 heteroatoms. The number of hydrogen-bond donors (Lipinski definition) is 7. The molecule has 0 spiro atoms. The highest BCUT2D eigenvalue weighted by Gasteiger charge is 2.47. The first-order valence-electron chi connectivity index (χ1n) is 9.20. The van der Waals surface area contributed by atoms with E-state index in [0.717, 1.165) is 6.54 Å². The van der Waals surface area contributed by atoms with Gasteiger partial charge in [0.2, 0.25) is 23.6 Å². The lowest BCUT2D eigenvalue weighted by molar-refractivity contribution is -0.132. The second-order valence-corrected chi connectivity index (χ2v) is 6.95. The van der Waals surface area contributed by atoms with Crippen LogP contribution in [0.15, 0.2) is 0 Å². The zero-order valence-corrected chi connectivity index (χ0v) is 16.0. The van der Waals surface area contributed by atoms with Gasteiger partial charge in [-0.05, 0) is 0 Å². The topological polar surface area (TPSA) is 212 Å². The van der Waals surface area contributed by atoms with Crippen molar-refractivity contribution in [3.05, 3.63) is 0 Å². The standard InChI is InChI=1S/C16H32N8O4/c17-12(25)7-11-16(8-13(18)26,9-14(19)27)24(10-15(20)28)6-5-22-2-1-21-3-4-23-11/h11,21-23H,1-10H2,(H2,17,25)(H2,18,26)(H2,19,27)(H2,20,28). The van der Waals surface area contributed by atoms with E-state index in [1.165, 1.54) is 0 Å². The summed E-state index contributed by atoms with van der Waals surface area (Å²) >= 11 is 0. The van der Waals surface area contributed by atoms with Gasteiger partial charge in [0.15, 0.2) is 0 Å². The number of carbonyl (C=O) groups excluding carboxylic acids is 4. The van der Waals surface area contributed by atoms with E-state index in [2.05, 4.69) is 16.0 Å². The highest BCUT2D eigenvalue weighted by Crippen LogP contribution is 2.30. The van der Waals surface area contributed by atoms with Gasteiger partial charge in [-0.1, -0.05) is 0 Å². The van der Waals surface area contributed by atoms with Crippen molar-refractivity contribution < 1.29 is 19.2 Å². The first-order valence-corrected chi connectivity index (χ1v) is 9.20. The fourth-order valence-corrected chi connectivity index (χ4v) is 3.63. The van der Waals surface area contributed by atoms with Gasteiger partial charge in [-0.2, -0.15) is 0 Å². The third kappa shape index (κ3) is 7.76. The van der Waals surface area contributed by atoms with Crippen LogP contribution in [-0.2, 0) is 19.2 Å². The Morgan fingerprint density at radius 1 is 0.786 bits per heavy atom. The summed E-state index contributed by atoms with van der Waals surface area (Å²) in [6, 6.07) is -0.745. The summed E-state index contributed by atoms with van der Waals surface area (Å²) < 4.78 is 0. The van der Waals surface area contributed by atoms with Crippen LogP contribution in [0.25, 0.3) is 0 Å². The van der Waals surface area contributed by atoms with Crippen LogP contribution in [0.2, 0.25) is 0 Å². The second-order valence-electron chi connectivity index (χ2n) is 6.95. The maximum absolute atomic E-state index is 11.9. The van der Waals surface area contributed by atoms with Crippen molar-refractivity contribution in [1.29, 1.82) is 0 Å². The van der Waals surface area contributed by atoms with E-state index >= 15 is 0 Å². The van der Waals surface area contributed by atoms with Crippen LogP contribution in [0.3, 0.4) is 0 Å². The van der Waals surface area contributed by atoms with Gasteiger partial charge in [-0.15, -0.1) is 0 Å². The van der Waals surface area contributed by atoms with Crippen molar-refractivity contribution in [2.45, 2.75) is 30.8 Å². The molecule has 1 unspecified atom stereocenters. The highest BCUT2D eigenvalue weighted by molar-refractivity contribution is 5.82. The molecule has 1 saturated heterocycles. The van der Waals surface area contributed by atoms with E-state index in [1.807, 2.05) is 0 Å². The number of hydrogen-bond acceptors (Lipinski definition) is 8. The van der Waals surface area contributed by atoms with Crippen molar-refractivity contribution in [3.8, 4) is 0 Å². The molecule has 0 aromatic heterocycles. The Bertz CT molecular complexity index is 523. The summed E-state index contributed by atoms with van der Waals surface area (Å²) in [5.74, 6) is -2.69. The Morgan fingerprint density at radius 3 is 1.82 bits per heavy atom. The molecule has 0 aromatic carbocycles. The quantitative estimate of drug-likeness (QED) is 0.210. The van der Waals surface area contributed by atoms with Crippen molar-refractivity contribution >= 4 is 23.6 Å². The number of amides is 4. The molecule has 1 fully saturated rings. The lowest BCUT2D eigenvalue weighted by Gasteiger charge is -2.48. The average molecular weight is 400 g/mol. The molecule has 0 radical (unpaired) electrons. The van der Waals surface area contributed by atoms with Crippen LogP contribution in [0, 0.1) is 0 Å². The molecule has 28 heavy (non-hydrogen) atoms. The van der Waals surface area contributed by atoms with Crippen molar-refractivity contribution in [1.82, 2.24) is 20.9 Å². The first-order chi connectivity index (χ1) is 13.2. The Morgan fingerprint density at radius 2 is 1.32 bits per heavy atom. The van der Waals surface area contributed by atoms with E-state index < -0.39 is 35.2 Å². The largest absolute Gasteiger partial charge is 0.370 e. The van der Waals surface area contributed by atoms with Gasteiger partial charge in [0.05, 0.1) is 12.1 Å². The van der Waals surface area contributed by atoms with Crippen molar-refractivity contribution in [2.24, 2.45) is 22.9 Å². The fraction of sp³-hybridized carbons (Fsp3) is 0.750. The fourth-order valence-electron chi connectivity index (χ4n) is 3.63. The molecule has 1 aliphatic heterocycles. The van der Waals surface area contributed by atoms with Crippen LogP contribution < -0.4 is 38.9 Å². The number of rotatable bonds is 8. The molecule has 1 atom stereocenters. The summed E-state index contributed by atoms with van der Waals surface area (Å²) in [6.45, 7) is 2.92. The molecule has 11 N–H and O–H groups in total. The third-order valence-corrected chi connectivity index (χ3v) is 4.72. The summed E-state index contributed by atoms with van der Waals surface area (Å²) in [5, 5.41) is 9.60. The van der Waals surface area contributed by atoms with Gasteiger partial charge in [0, 0.05) is 64.6 Å². The maximum Gasteiger partial charge on any atom is 0.231 e. The van der Waals surface area contributed by atoms with E-state index in [4.69, 9.17) is 22.9 Å². The molecule has 0 aromatic rings. The normalized spacial score (nSPS) is 21.8. The highest BCUT2D eigenvalue weighted by atomic mass is 16.2. The van der Waals surface area contributed by atoms with Crippen LogP contribution in [-0.4, -0.2) is 85.9 Å². The average Bonchev–Trinajstić information content (AvgIpc) is 2.54. The summed E-state index contributed by atoms with van der Waals surface area (Å²) in [7, 11) is 0. The molecule has 1 rings (SSSR count). The van der Waals surface area contributed by atoms with Crippen LogP contribution in [0.4, 0.5) is 0 Å². The summed E-state index contributed by atoms with van der Waals surface area (Å²) in [6.07, 6.45) is -0.785. The molecule has 160 valence electrons. The molecule has 1 aliphatic rings. The maximum atomic E-state index is 11.9. The Labute approximate surface area is 164 Å². The van der Waals surface area contributed by atoms with E-state index in [0.29, 0.717) is 26.2 Å².